The van der Waals surface area contributed by atoms with Crippen molar-refractivity contribution in [2.75, 3.05) is 19.1 Å². The van der Waals surface area contributed by atoms with Gasteiger partial charge in [-0.3, -0.25) is 9.69 Å². The van der Waals surface area contributed by atoms with Crippen molar-refractivity contribution >= 4 is 23.6 Å². The number of hydrogen-bond acceptors (Lipinski definition) is 5. The van der Waals surface area contributed by atoms with Crippen LogP contribution in [0.2, 0.25) is 0 Å². The van der Waals surface area contributed by atoms with Crippen LogP contribution in [0.3, 0.4) is 0 Å². The van der Waals surface area contributed by atoms with Gasteiger partial charge in [-0.1, -0.05) is 30.3 Å². The third-order valence-corrected chi connectivity index (χ3v) is 4.96. The summed E-state index contributed by atoms with van der Waals surface area (Å²) in [7, 11) is 2.82. The second kappa shape index (κ2) is 6.84. The van der Waals surface area contributed by atoms with Gasteiger partial charge in [-0.25, -0.2) is 14.5 Å². The minimum absolute atomic E-state index is 0.287. The van der Waals surface area contributed by atoms with E-state index in [2.05, 4.69) is 0 Å². The van der Waals surface area contributed by atoms with E-state index in [-0.39, 0.29) is 5.57 Å². The van der Waals surface area contributed by atoms with Gasteiger partial charge in [0.05, 0.1) is 31.5 Å². The van der Waals surface area contributed by atoms with E-state index in [1.54, 1.807) is 31.4 Å². The highest BCUT2D eigenvalue weighted by molar-refractivity contribution is 6.23. The summed E-state index contributed by atoms with van der Waals surface area (Å²) in [5.74, 6) is -0.340. The van der Waals surface area contributed by atoms with E-state index in [9.17, 15) is 14.4 Å². The third kappa shape index (κ3) is 2.63. The summed E-state index contributed by atoms with van der Waals surface area (Å²) in [6.45, 7) is 0. The molecule has 0 radical (unpaired) electrons. The predicted octanol–water partition coefficient (Wildman–Crippen LogP) is 2.69. The Kier molecular flexibility index (Phi) is 4.35. The molecule has 1 saturated heterocycles. The fraction of sp³-hybridized carbons (Fsp3) is 0.190. The highest BCUT2D eigenvalue weighted by atomic mass is 16.5. The minimum atomic E-state index is -0.853. The Bertz CT molecular complexity index is 968. The lowest BCUT2D eigenvalue weighted by Crippen LogP contribution is -2.36. The van der Waals surface area contributed by atoms with E-state index in [0.717, 1.165) is 10.5 Å². The van der Waals surface area contributed by atoms with Gasteiger partial charge in [0.25, 0.3) is 5.91 Å². The molecular formula is C21H18N2O5. The Morgan fingerprint density at radius 2 is 1.64 bits per heavy atom. The molecule has 0 N–H and O–H groups in total. The molecule has 0 saturated carbocycles. The number of methoxy groups -OCH3 is 2. The SMILES string of the molecule is COC(=O)C1=C[C@H]2C(=O)N(c3ccc(OC)cc3)C(=O)N2[C@@H]1c1ccccc1. The van der Waals surface area contributed by atoms with Gasteiger partial charge >= 0.3 is 12.0 Å². The van der Waals surface area contributed by atoms with Gasteiger partial charge in [-0.15, -0.1) is 0 Å². The minimum Gasteiger partial charge on any atom is -0.497 e. The first-order valence-electron chi connectivity index (χ1n) is 8.72. The molecule has 2 aliphatic heterocycles. The number of anilines is 1. The molecule has 2 aromatic rings. The van der Waals surface area contributed by atoms with Gasteiger partial charge in [0.1, 0.15) is 11.8 Å². The number of urea groups is 1. The lowest BCUT2D eigenvalue weighted by atomic mass is 10.00. The van der Waals surface area contributed by atoms with Crippen molar-refractivity contribution < 1.29 is 23.9 Å². The molecule has 7 heteroatoms. The Hall–Kier alpha value is -3.61. The number of esters is 1. The number of nitrogens with zero attached hydrogens (tertiary/aromatic N) is 2. The summed E-state index contributed by atoms with van der Waals surface area (Å²) in [5.41, 5.74) is 1.47. The van der Waals surface area contributed by atoms with Gasteiger partial charge < -0.3 is 9.47 Å². The number of carbonyl (C=O) groups excluding carboxylic acids is 3. The van der Waals surface area contributed by atoms with Gasteiger partial charge in [-0.05, 0) is 35.9 Å². The predicted molar refractivity (Wildman–Crippen MR) is 101 cm³/mol. The van der Waals surface area contributed by atoms with Crippen LogP contribution in [-0.2, 0) is 14.3 Å². The van der Waals surface area contributed by atoms with Crippen molar-refractivity contribution in [3.05, 3.63) is 71.8 Å². The quantitative estimate of drug-likeness (QED) is 0.604. The summed E-state index contributed by atoms with van der Waals surface area (Å²) >= 11 is 0. The maximum absolute atomic E-state index is 13.2. The van der Waals surface area contributed by atoms with Crippen LogP contribution in [0, 0.1) is 0 Å². The molecule has 2 atom stereocenters. The average Bonchev–Trinajstić information content (AvgIpc) is 3.24. The monoisotopic (exact) mass is 378 g/mol. The molecule has 4 rings (SSSR count). The molecule has 1 fully saturated rings. The molecule has 7 nitrogen and oxygen atoms in total. The van der Waals surface area contributed by atoms with E-state index in [1.807, 2.05) is 30.3 Å². The number of benzene rings is 2. The zero-order chi connectivity index (χ0) is 19.8. The third-order valence-electron chi connectivity index (χ3n) is 4.96. The summed E-state index contributed by atoms with van der Waals surface area (Å²) < 4.78 is 10.0. The van der Waals surface area contributed by atoms with Crippen LogP contribution in [0.4, 0.5) is 10.5 Å². The first kappa shape index (κ1) is 17.8. The second-order valence-corrected chi connectivity index (χ2v) is 6.43. The number of ether oxygens (including phenoxy) is 2. The normalized spacial score (nSPS) is 20.9. The van der Waals surface area contributed by atoms with Crippen LogP contribution in [0.5, 0.6) is 5.75 Å². The largest absolute Gasteiger partial charge is 0.497 e. The van der Waals surface area contributed by atoms with Crippen molar-refractivity contribution in [2.24, 2.45) is 0 Å². The van der Waals surface area contributed by atoms with E-state index in [0.29, 0.717) is 11.4 Å². The molecule has 142 valence electrons. The van der Waals surface area contributed by atoms with E-state index < -0.39 is 30.0 Å². The van der Waals surface area contributed by atoms with Crippen molar-refractivity contribution in [1.29, 1.82) is 0 Å². The molecule has 2 aliphatic rings. The lowest BCUT2D eigenvalue weighted by molar-refractivity contribution is -0.136. The van der Waals surface area contributed by atoms with Gasteiger partial charge in [0, 0.05) is 0 Å². The Morgan fingerprint density at radius 3 is 2.25 bits per heavy atom. The average molecular weight is 378 g/mol. The Morgan fingerprint density at radius 1 is 0.964 bits per heavy atom. The Labute approximate surface area is 161 Å². The molecule has 2 aromatic carbocycles. The number of rotatable bonds is 4. The van der Waals surface area contributed by atoms with Crippen LogP contribution in [-0.4, -0.2) is 43.1 Å². The molecule has 2 heterocycles. The number of hydrogen-bond donors (Lipinski definition) is 0. The smallest absolute Gasteiger partial charge is 0.335 e. The Balaban J connectivity index is 1.76. The molecule has 0 aromatic heterocycles. The first-order valence-corrected chi connectivity index (χ1v) is 8.72. The lowest BCUT2D eigenvalue weighted by Gasteiger charge is -2.25. The molecule has 0 aliphatic carbocycles. The fourth-order valence-corrected chi connectivity index (χ4v) is 3.66. The number of imide groups is 1. The number of carbonyl (C=O) groups is 3. The zero-order valence-corrected chi connectivity index (χ0v) is 15.4. The molecule has 0 bridgehead atoms. The summed E-state index contributed by atoms with van der Waals surface area (Å²) in [5, 5.41) is 0. The van der Waals surface area contributed by atoms with Crippen molar-refractivity contribution in [2.45, 2.75) is 12.1 Å². The maximum atomic E-state index is 13.2. The van der Waals surface area contributed by atoms with Crippen LogP contribution in [0.25, 0.3) is 0 Å². The van der Waals surface area contributed by atoms with Gasteiger partial charge in [0.2, 0.25) is 0 Å². The zero-order valence-electron chi connectivity index (χ0n) is 15.4. The number of fused-ring (bicyclic) bond motifs is 1. The molecule has 3 amide bonds. The highest BCUT2D eigenvalue weighted by Gasteiger charge is 2.54. The fourth-order valence-electron chi connectivity index (χ4n) is 3.66. The highest BCUT2D eigenvalue weighted by Crippen LogP contribution is 2.42. The standard InChI is InChI=1S/C21H18N2O5/c1-27-15-10-8-14(9-11-15)22-19(24)17-12-16(20(25)28-2)18(23(17)21(22)26)13-6-4-3-5-7-13/h3-12,17-18H,1-2H3/t17-,18+/m0/s1. The second-order valence-electron chi connectivity index (χ2n) is 6.43. The molecular weight excluding hydrogens is 360 g/mol. The molecule has 0 spiro atoms. The summed E-state index contributed by atoms with van der Waals surface area (Å²) in [6, 6.07) is 13.8. The first-order chi connectivity index (χ1) is 13.6. The van der Waals surface area contributed by atoms with E-state index in [1.165, 1.54) is 18.1 Å². The number of amides is 3. The van der Waals surface area contributed by atoms with Crippen LogP contribution < -0.4 is 9.64 Å². The van der Waals surface area contributed by atoms with Crippen LogP contribution in [0.15, 0.2) is 66.2 Å². The van der Waals surface area contributed by atoms with Crippen molar-refractivity contribution in [3.63, 3.8) is 0 Å². The summed E-state index contributed by atoms with van der Waals surface area (Å²) in [6.07, 6.45) is 1.52. The van der Waals surface area contributed by atoms with Crippen molar-refractivity contribution in [1.82, 2.24) is 4.90 Å². The maximum Gasteiger partial charge on any atom is 0.335 e. The molecule has 28 heavy (non-hydrogen) atoms. The van der Waals surface area contributed by atoms with E-state index in [4.69, 9.17) is 9.47 Å². The van der Waals surface area contributed by atoms with Gasteiger partial charge in [0.15, 0.2) is 0 Å². The van der Waals surface area contributed by atoms with Gasteiger partial charge in [-0.2, -0.15) is 0 Å². The summed E-state index contributed by atoms with van der Waals surface area (Å²) in [4.78, 5) is 41.1. The van der Waals surface area contributed by atoms with Crippen LogP contribution >= 0.6 is 0 Å². The topological polar surface area (TPSA) is 76.1 Å². The van der Waals surface area contributed by atoms with Crippen molar-refractivity contribution in [3.8, 4) is 5.75 Å². The van der Waals surface area contributed by atoms with Crippen LogP contribution in [0.1, 0.15) is 11.6 Å². The van der Waals surface area contributed by atoms with E-state index >= 15 is 0 Å². The molecule has 0 unspecified atom stereocenters.